The van der Waals surface area contributed by atoms with E-state index in [-0.39, 0.29) is 30.1 Å². The van der Waals surface area contributed by atoms with Crippen LogP contribution in [0.5, 0.6) is 0 Å². The Labute approximate surface area is 167 Å². The van der Waals surface area contributed by atoms with Gasteiger partial charge in [-0.05, 0) is 26.7 Å². The number of ether oxygens (including phenoxy) is 2. The van der Waals surface area contributed by atoms with Crippen LogP contribution in [0.25, 0.3) is 0 Å². The first-order valence-electron chi connectivity index (χ1n) is 8.95. The normalized spacial score (nSPS) is 18.3. The predicted molar refractivity (Wildman–Crippen MR) is 110 cm³/mol. The van der Waals surface area contributed by atoms with Gasteiger partial charge in [-0.25, -0.2) is 4.79 Å². The van der Waals surface area contributed by atoms with Crippen molar-refractivity contribution in [3.05, 3.63) is 11.6 Å². The number of halogens is 1. The number of piperazine rings is 1. The van der Waals surface area contributed by atoms with Crippen molar-refractivity contribution in [2.45, 2.75) is 26.7 Å². The lowest BCUT2D eigenvalue weighted by Crippen LogP contribution is -2.53. The molecule has 2 heterocycles. The monoisotopic (exact) mass is 466 g/mol. The van der Waals surface area contributed by atoms with Crippen LogP contribution in [0, 0.1) is 0 Å². The van der Waals surface area contributed by atoms with Gasteiger partial charge in [-0.2, -0.15) is 0 Å². The van der Waals surface area contributed by atoms with Gasteiger partial charge in [0.2, 0.25) is 0 Å². The summed E-state index contributed by atoms with van der Waals surface area (Å²) < 4.78 is 10.4. The van der Waals surface area contributed by atoms with Crippen molar-refractivity contribution in [3.8, 4) is 0 Å². The molecule has 1 saturated heterocycles. The average Bonchev–Trinajstić information content (AvgIpc) is 2.62. The molecule has 0 aromatic rings. The highest BCUT2D eigenvalue weighted by molar-refractivity contribution is 14.0. The summed E-state index contributed by atoms with van der Waals surface area (Å²) in [7, 11) is 0. The van der Waals surface area contributed by atoms with Crippen LogP contribution in [0.1, 0.15) is 26.7 Å². The number of hydrogen-bond donors (Lipinski definition) is 1. The molecule has 144 valence electrons. The number of carbonyl (C=O) groups excluding carboxylic acids is 1. The van der Waals surface area contributed by atoms with Crippen LogP contribution in [0.15, 0.2) is 16.6 Å². The number of guanidine groups is 1. The zero-order valence-electron chi connectivity index (χ0n) is 15.3. The third-order valence-corrected chi connectivity index (χ3v) is 4.19. The van der Waals surface area contributed by atoms with Gasteiger partial charge in [0.15, 0.2) is 5.96 Å². The fourth-order valence-electron chi connectivity index (χ4n) is 2.84. The number of amides is 1. The van der Waals surface area contributed by atoms with E-state index in [1.807, 2.05) is 6.92 Å². The molecule has 2 aliphatic heterocycles. The summed E-state index contributed by atoms with van der Waals surface area (Å²) in [5.41, 5.74) is 1.44. The molecule has 0 radical (unpaired) electrons. The first-order chi connectivity index (χ1) is 11.7. The van der Waals surface area contributed by atoms with Crippen molar-refractivity contribution in [2.24, 2.45) is 4.99 Å². The number of hydrogen-bond acceptors (Lipinski definition) is 4. The Bertz CT molecular complexity index is 463. The maximum Gasteiger partial charge on any atom is 0.409 e. The molecule has 0 aromatic carbocycles. The Morgan fingerprint density at radius 1 is 1.28 bits per heavy atom. The number of rotatable bonds is 5. The summed E-state index contributed by atoms with van der Waals surface area (Å²) in [6.45, 7) is 10.4. The summed E-state index contributed by atoms with van der Waals surface area (Å²) in [4.78, 5) is 20.5. The van der Waals surface area contributed by atoms with Gasteiger partial charge in [0.1, 0.15) is 0 Å². The number of nitrogens with one attached hydrogen (secondary N) is 1. The molecule has 0 aromatic heterocycles. The molecule has 2 rings (SSSR count). The highest BCUT2D eigenvalue weighted by Crippen LogP contribution is 2.12. The lowest BCUT2D eigenvalue weighted by molar-refractivity contribution is 0.0914. The fourth-order valence-corrected chi connectivity index (χ4v) is 2.84. The summed E-state index contributed by atoms with van der Waals surface area (Å²) in [6, 6.07) is 0. The molecular weight excluding hydrogens is 435 g/mol. The number of nitrogens with zero attached hydrogens (tertiary/aromatic N) is 3. The van der Waals surface area contributed by atoms with Gasteiger partial charge in [-0.15, -0.1) is 24.0 Å². The van der Waals surface area contributed by atoms with Gasteiger partial charge in [0.05, 0.1) is 19.8 Å². The third-order valence-electron chi connectivity index (χ3n) is 4.19. The van der Waals surface area contributed by atoms with E-state index in [2.05, 4.69) is 23.2 Å². The van der Waals surface area contributed by atoms with Crippen molar-refractivity contribution in [2.75, 3.05) is 59.1 Å². The molecule has 0 spiro atoms. The minimum Gasteiger partial charge on any atom is -0.450 e. The summed E-state index contributed by atoms with van der Waals surface area (Å²) in [5, 5.41) is 3.36. The van der Waals surface area contributed by atoms with Gasteiger partial charge in [0.25, 0.3) is 0 Å². The van der Waals surface area contributed by atoms with Crippen LogP contribution in [0.3, 0.4) is 0 Å². The van der Waals surface area contributed by atoms with E-state index < -0.39 is 0 Å². The molecule has 0 bridgehead atoms. The summed E-state index contributed by atoms with van der Waals surface area (Å²) in [5.74, 6) is 0.939. The zero-order chi connectivity index (χ0) is 17.2. The minimum atomic E-state index is -0.217. The average molecular weight is 466 g/mol. The van der Waals surface area contributed by atoms with Crippen LogP contribution in [0.2, 0.25) is 0 Å². The van der Waals surface area contributed by atoms with Crippen molar-refractivity contribution >= 4 is 36.0 Å². The van der Waals surface area contributed by atoms with Crippen LogP contribution in [0.4, 0.5) is 4.79 Å². The largest absolute Gasteiger partial charge is 0.450 e. The van der Waals surface area contributed by atoms with Gasteiger partial charge < -0.3 is 24.6 Å². The van der Waals surface area contributed by atoms with Gasteiger partial charge in [-0.1, -0.05) is 11.6 Å². The fraction of sp³-hybridized carbons (Fsp3) is 0.765. The number of carbonyl (C=O) groups is 1. The molecule has 1 fully saturated rings. The van der Waals surface area contributed by atoms with Crippen LogP contribution < -0.4 is 5.32 Å². The zero-order valence-corrected chi connectivity index (χ0v) is 17.7. The number of aliphatic imine (C=N–C) groups is 1. The lowest BCUT2D eigenvalue weighted by atomic mass is 10.1. The van der Waals surface area contributed by atoms with E-state index in [1.54, 1.807) is 4.90 Å². The molecule has 1 N–H and O–H groups in total. The highest BCUT2D eigenvalue weighted by Gasteiger charge is 2.23. The summed E-state index contributed by atoms with van der Waals surface area (Å²) in [6.07, 6.45) is 3.96. The van der Waals surface area contributed by atoms with Crippen LogP contribution in [-0.2, 0) is 9.47 Å². The van der Waals surface area contributed by atoms with Crippen molar-refractivity contribution in [1.82, 2.24) is 15.1 Å². The molecule has 0 aliphatic carbocycles. The molecule has 0 saturated carbocycles. The molecule has 2 aliphatic rings. The smallest absolute Gasteiger partial charge is 0.409 e. The molecule has 0 unspecified atom stereocenters. The Kier molecular flexibility index (Phi) is 10.9. The topological polar surface area (TPSA) is 66.4 Å². The molecule has 1 amide bonds. The van der Waals surface area contributed by atoms with E-state index in [0.29, 0.717) is 19.7 Å². The SMILES string of the molecule is CCNC(=NCCC1=CCOCC1)N1CCN(C(=O)OCC)CC1.I. The van der Waals surface area contributed by atoms with Crippen molar-refractivity contribution < 1.29 is 14.3 Å². The van der Waals surface area contributed by atoms with E-state index >= 15 is 0 Å². The van der Waals surface area contributed by atoms with Crippen LogP contribution >= 0.6 is 24.0 Å². The minimum absolute atomic E-state index is 0. The van der Waals surface area contributed by atoms with Crippen molar-refractivity contribution in [3.63, 3.8) is 0 Å². The first-order valence-corrected chi connectivity index (χ1v) is 8.95. The Morgan fingerprint density at radius 3 is 2.60 bits per heavy atom. The molecular formula is C17H31IN4O3. The quantitative estimate of drug-likeness (QED) is 0.291. The second-order valence-corrected chi connectivity index (χ2v) is 5.85. The van der Waals surface area contributed by atoms with Crippen LogP contribution in [-0.4, -0.2) is 80.9 Å². The Morgan fingerprint density at radius 2 is 2.00 bits per heavy atom. The molecule has 7 nitrogen and oxygen atoms in total. The second kappa shape index (κ2) is 12.3. The van der Waals surface area contributed by atoms with E-state index in [0.717, 1.165) is 58.2 Å². The highest BCUT2D eigenvalue weighted by atomic mass is 127. The van der Waals surface area contributed by atoms with Gasteiger partial charge in [0, 0.05) is 39.3 Å². The molecule has 25 heavy (non-hydrogen) atoms. The van der Waals surface area contributed by atoms with Gasteiger partial charge in [-0.3, -0.25) is 4.99 Å². The second-order valence-electron chi connectivity index (χ2n) is 5.85. The molecule has 8 heteroatoms. The maximum atomic E-state index is 11.8. The first kappa shape index (κ1) is 22.0. The van der Waals surface area contributed by atoms with E-state index in [4.69, 9.17) is 14.5 Å². The lowest BCUT2D eigenvalue weighted by Gasteiger charge is -2.35. The van der Waals surface area contributed by atoms with Crippen molar-refractivity contribution in [1.29, 1.82) is 0 Å². The Balaban J connectivity index is 0.00000312. The van der Waals surface area contributed by atoms with Gasteiger partial charge >= 0.3 is 6.09 Å². The predicted octanol–water partition coefficient (Wildman–Crippen LogP) is 2.08. The van der Waals surface area contributed by atoms with E-state index in [1.165, 1.54) is 5.57 Å². The summed E-state index contributed by atoms with van der Waals surface area (Å²) >= 11 is 0. The molecule has 0 atom stereocenters. The standard InChI is InChI=1S/C17H30N4O3.HI/c1-3-18-16(19-8-5-15-6-13-23-14-7-15)20-9-11-21(12-10-20)17(22)24-4-2;/h6H,3-5,7-14H2,1-2H3,(H,18,19);1H. The Hall–Kier alpha value is -1.03. The maximum absolute atomic E-state index is 11.8. The third kappa shape index (κ3) is 7.39. The van der Waals surface area contributed by atoms with E-state index in [9.17, 15) is 4.79 Å².